The number of hydrogen-bond acceptors (Lipinski definition) is 5. The van der Waals surface area contributed by atoms with Crippen LogP contribution in [0.2, 0.25) is 0 Å². The van der Waals surface area contributed by atoms with Crippen LogP contribution < -0.4 is 0 Å². The van der Waals surface area contributed by atoms with Crippen LogP contribution in [0.3, 0.4) is 0 Å². The molecule has 0 radical (unpaired) electrons. The summed E-state index contributed by atoms with van der Waals surface area (Å²) in [6.07, 6.45) is 4.94. The number of rotatable bonds is 8. The highest BCUT2D eigenvalue weighted by Gasteiger charge is 2.54. The molecule has 0 aliphatic carbocycles. The zero-order valence-electron chi connectivity index (χ0n) is 12.5. The molecule has 0 aromatic heterocycles. The van der Waals surface area contributed by atoms with Gasteiger partial charge in [-0.2, -0.15) is 9.78 Å². The molecule has 20 heavy (non-hydrogen) atoms. The average molecular weight is 284 g/mol. The van der Waals surface area contributed by atoms with Crippen molar-refractivity contribution in [1.82, 2.24) is 0 Å². The molecule has 0 saturated carbocycles. The summed E-state index contributed by atoms with van der Waals surface area (Å²) in [6, 6.07) is 0. The van der Waals surface area contributed by atoms with E-state index in [1.165, 1.54) is 0 Å². The summed E-state index contributed by atoms with van der Waals surface area (Å²) >= 11 is 0. The van der Waals surface area contributed by atoms with E-state index in [4.69, 9.17) is 19.2 Å². The third kappa shape index (κ3) is 5.35. The normalized spacial score (nSPS) is 17.9. The molecular formula is C15H24O5. The molecule has 0 amide bonds. The topological polar surface area (TPSA) is 60.6 Å². The van der Waals surface area contributed by atoms with Crippen molar-refractivity contribution in [1.29, 1.82) is 0 Å². The smallest absolute Gasteiger partial charge is 0.430 e. The van der Waals surface area contributed by atoms with E-state index >= 15 is 0 Å². The van der Waals surface area contributed by atoms with E-state index in [1.54, 1.807) is 12.2 Å². The third-order valence-electron chi connectivity index (χ3n) is 3.00. The molecule has 1 saturated heterocycles. The average Bonchev–Trinajstić information content (AvgIpc) is 3.10. The van der Waals surface area contributed by atoms with Crippen molar-refractivity contribution >= 4 is 6.16 Å². The Morgan fingerprint density at radius 1 is 1.25 bits per heavy atom. The Balaban J connectivity index is 2.49. The molecular weight excluding hydrogens is 260 g/mol. The highest BCUT2D eigenvalue weighted by atomic mass is 17.5. The van der Waals surface area contributed by atoms with Crippen LogP contribution in [0.15, 0.2) is 25.3 Å². The second kappa shape index (κ2) is 6.90. The monoisotopic (exact) mass is 284 g/mol. The van der Waals surface area contributed by atoms with Crippen molar-refractivity contribution in [3.63, 3.8) is 0 Å². The Bertz CT molecular complexity index is 352. The summed E-state index contributed by atoms with van der Waals surface area (Å²) in [6.45, 7) is 13.3. The van der Waals surface area contributed by atoms with Gasteiger partial charge in [0.1, 0.15) is 6.10 Å². The van der Waals surface area contributed by atoms with Gasteiger partial charge >= 0.3 is 12.1 Å². The van der Waals surface area contributed by atoms with E-state index in [-0.39, 0.29) is 11.5 Å². The summed E-state index contributed by atoms with van der Waals surface area (Å²) in [5.41, 5.74) is -0.179. The molecule has 1 heterocycles. The Labute approximate surface area is 120 Å². The molecule has 1 atom stereocenters. The fraction of sp³-hybridized carbons (Fsp3) is 0.667. The van der Waals surface area contributed by atoms with Crippen LogP contribution in [-0.2, 0) is 19.2 Å². The number of carbonyl (C=O) groups is 1. The zero-order chi connectivity index (χ0) is 15.2. The predicted molar refractivity (Wildman–Crippen MR) is 74.6 cm³/mol. The maximum atomic E-state index is 11.8. The van der Waals surface area contributed by atoms with Gasteiger partial charge in [0.25, 0.3) is 0 Å². The predicted octanol–water partition coefficient (Wildman–Crippen LogP) is 4.10. The molecule has 5 nitrogen and oxygen atoms in total. The Kier molecular flexibility index (Phi) is 5.77. The first-order valence-corrected chi connectivity index (χ1v) is 6.81. The van der Waals surface area contributed by atoms with E-state index in [1.807, 2.05) is 20.8 Å². The van der Waals surface area contributed by atoms with Gasteiger partial charge in [-0.1, -0.05) is 32.9 Å². The van der Waals surface area contributed by atoms with Gasteiger partial charge in [0.05, 0.1) is 6.42 Å². The number of allylic oxidation sites excluding steroid dienone is 2. The highest BCUT2D eigenvalue weighted by molar-refractivity contribution is 5.60. The molecule has 0 aromatic carbocycles. The molecule has 0 bridgehead atoms. The van der Waals surface area contributed by atoms with Crippen molar-refractivity contribution < 1.29 is 24.0 Å². The summed E-state index contributed by atoms with van der Waals surface area (Å²) in [4.78, 5) is 21.3. The second-order valence-corrected chi connectivity index (χ2v) is 5.87. The van der Waals surface area contributed by atoms with Gasteiger partial charge in [-0.15, -0.1) is 13.2 Å². The summed E-state index contributed by atoms with van der Waals surface area (Å²) in [5.74, 6) is -1.29. The van der Waals surface area contributed by atoms with Crippen LogP contribution in [0.1, 0.15) is 46.5 Å². The minimum atomic E-state index is -1.29. The Hall–Kier alpha value is -1.33. The lowest BCUT2D eigenvalue weighted by Crippen LogP contribution is -2.33. The maximum absolute atomic E-state index is 11.8. The fourth-order valence-electron chi connectivity index (χ4n) is 1.70. The number of carbonyl (C=O) groups excluding carboxylic acids is 1. The lowest BCUT2D eigenvalue weighted by Gasteiger charge is -2.29. The van der Waals surface area contributed by atoms with Crippen LogP contribution in [0.4, 0.5) is 4.79 Å². The lowest BCUT2D eigenvalue weighted by atomic mass is 9.86. The quantitative estimate of drug-likeness (QED) is 0.290. The van der Waals surface area contributed by atoms with E-state index in [2.05, 4.69) is 13.2 Å². The van der Waals surface area contributed by atoms with Crippen LogP contribution in [-0.4, -0.2) is 18.2 Å². The Morgan fingerprint density at radius 2 is 1.85 bits per heavy atom. The summed E-state index contributed by atoms with van der Waals surface area (Å²) < 4.78 is 10.5. The molecule has 1 fully saturated rings. The van der Waals surface area contributed by atoms with Crippen molar-refractivity contribution in [3.8, 4) is 0 Å². The zero-order valence-corrected chi connectivity index (χ0v) is 12.5. The molecule has 0 N–H and O–H groups in total. The van der Waals surface area contributed by atoms with Crippen molar-refractivity contribution in [2.45, 2.75) is 58.5 Å². The van der Waals surface area contributed by atoms with E-state index in [9.17, 15) is 4.79 Å². The van der Waals surface area contributed by atoms with Crippen LogP contribution in [0.25, 0.3) is 0 Å². The van der Waals surface area contributed by atoms with Crippen molar-refractivity contribution in [3.05, 3.63) is 25.3 Å². The van der Waals surface area contributed by atoms with Crippen LogP contribution in [0.5, 0.6) is 0 Å². The van der Waals surface area contributed by atoms with Gasteiger partial charge in [-0.05, 0) is 24.7 Å². The third-order valence-corrected chi connectivity index (χ3v) is 3.00. The first kappa shape index (κ1) is 16.7. The van der Waals surface area contributed by atoms with Gasteiger partial charge in [-0.25, -0.2) is 4.79 Å². The van der Waals surface area contributed by atoms with Gasteiger partial charge in [0.2, 0.25) is 0 Å². The number of hydrogen-bond donors (Lipinski definition) is 0. The molecule has 0 aromatic rings. The van der Waals surface area contributed by atoms with E-state index < -0.39 is 12.1 Å². The first-order valence-electron chi connectivity index (χ1n) is 6.81. The molecule has 1 unspecified atom stereocenters. The van der Waals surface area contributed by atoms with E-state index in [0.29, 0.717) is 19.3 Å². The highest BCUT2D eigenvalue weighted by Crippen LogP contribution is 2.37. The van der Waals surface area contributed by atoms with Crippen molar-refractivity contribution in [2.75, 3.05) is 0 Å². The van der Waals surface area contributed by atoms with E-state index in [0.717, 1.165) is 6.42 Å². The fourth-order valence-corrected chi connectivity index (χ4v) is 1.70. The first-order chi connectivity index (χ1) is 9.33. The minimum Gasteiger partial charge on any atom is -0.430 e. The SMILES string of the molecule is C=CCCC(OC(=O)OC1(CCC=C)OO1)C(C)(C)C. The molecule has 1 aliphatic rings. The minimum absolute atomic E-state index is 0.179. The molecule has 5 heteroatoms. The molecule has 114 valence electrons. The standard InChI is InChI=1S/C15H24O5/c1-6-8-10-12(14(3,4)5)17-13(16)18-15(19-20-15)11-9-7-2/h6-7,12H,1-2,8-11H2,3-5H3. The van der Waals surface area contributed by atoms with Crippen LogP contribution >= 0.6 is 0 Å². The Morgan fingerprint density at radius 3 is 2.30 bits per heavy atom. The van der Waals surface area contributed by atoms with Gasteiger partial charge in [0, 0.05) is 0 Å². The maximum Gasteiger partial charge on any atom is 0.513 e. The molecule has 1 aliphatic heterocycles. The van der Waals surface area contributed by atoms with Crippen LogP contribution in [0, 0.1) is 5.41 Å². The summed E-state index contributed by atoms with van der Waals surface area (Å²) in [7, 11) is 0. The van der Waals surface area contributed by atoms with Gasteiger partial charge in [-0.3, -0.25) is 0 Å². The van der Waals surface area contributed by atoms with Gasteiger partial charge < -0.3 is 9.47 Å². The van der Waals surface area contributed by atoms with Crippen molar-refractivity contribution in [2.24, 2.45) is 5.41 Å². The second-order valence-electron chi connectivity index (χ2n) is 5.87. The number of ether oxygens (including phenoxy) is 2. The lowest BCUT2D eigenvalue weighted by molar-refractivity contribution is -0.0778. The largest absolute Gasteiger partial charge is 0.513 e. The van der Waals surface area contributed by atoms with Gasteiger partial charge in [0.15, 0.2) is 0 Å². The molecule has 1 rings (SSSR count). The summed E-state index contributed by atoms with van der Waals surface area (Å²) in [5, 5.41) is 0. The molecule has 0 spiro atoms.